The molecule has 154 valence electrons. The Morgan fingerprint density at radius 3 is 2.68 bits per heavy atom. The minimum absolute atomic E-state index is 0.0454. The van der Waals surface area contributed by atoms with Crippen LogP contribution >= 0.6 is 0 Å². The minimum Gasteiger partial charge on any atom is -0.351 e. The number of hydrogen-bond donors (Lipinski definition) is 4. The van der Waals surface area contributed by atoms with Crippen LogP contribution in [0.5, 0.6) is 0 Å². The van der Waals surface area contributed by atoms with Crippen LogP contribution in [0.2, 0.25) is 0 Å². The Morgan fingerprint density at radius 2 is 2.00 bits per heavy atom. The zero-order valence-corrected chi connectivity index (χ0v) is 16.6. The SMILES string of the molecule is CCN1CCC(N[C@@H]2CC[C@@H]2NC(=O)C2CNNC2c2cccc(F)c2)CC1. The zero-order valence-electron chi connectivity index (χ0n) is 16.6. The number of nitrogens with zero attached hydrogens (tertiary/aromatic N) is 1. The van der Waals surface area contributed by atoms with Crippen molar-refractivity contribution in [3.63, 3.8) is 0 Å². The van der Waals surface area contributed by atoms with Crippen molar-refractivity contribution in [1.29, 1.82) is 0 Å². The van der Waals surface area contributed by atoms with E-state index in [2.05, 4.69) is 33.3 Å². The van der Waals surface area contributed by atoms with Gasteiger partial charge in [-0.25, -0.2) is 9.82 Å². The molecule has 2 aliphatic heterocycles. The molecule has 4 atom stereocenters. The quantitative estimate of drug-likeness (QED) is 0.591. The fourth-order valence-electron chi connectivity index (χ4n) is 4.64. The summed E-state index contributed by atoms with van der Waals surface area (Å²) in [5.74, 6) is -0.470. The largest absolute Gasteiger partial charge is 0.351 e. The molecule has 3 fully saturated rings. The van der Waals surface area contributed by atoms with E-state index < -0.39 is 0 Å². The highest BCUT2D eigenvalue weighted by molar-refractivity contribution is 5.80. The third kappa shape index (κ3) is 4.38. The summed E-state index contributed by atoms with van der Waals surface area (Å²) in [5.41, 5.74) is 6.99. The monoisotopic (exact) mass is 389 g/mol. The molecule has 2 saturated heterocycles. The van der Waals surface area contributed by atoms with Gasteiger partial charge in [0.1, 0.15) is 5.82 Å². The molecule has 6 nitrogen and oxygen atoms in total. The van der Waals surface area contributed by atoms with Crippen LogP contribution in [-0.2, 0) is 4.79 Å². The van der Waals surface area contributed by atoms with Crippen LogP contribution in [0.1, 0.15) is 44.2 Å². The molecule has 1 aromatic carbocycles. The van der Waals surface area contributed by atoms with Crippen molar-refractivity contribution < 1.29 is 9.18 Å². The van der Waals surface area contributed by atoms with Crippen molar-refractivity contribution in [2.45, 2.75) is 56.8 Å². The van der Waals surface area contributed by atoms with Gasteiger partial charge in [-0.15, -0.1) is 0 Å². The van der Waals surface area contributed by atoms with Crippen molar-refractivity contribution in [3.8, 4) is 0 Å². The first kappa shape index (κ1) is 19.8. The predicted octanol–water partition coefficient (Wildman–Crippen LogP) is 1.31. The van der Waals surface area contributed by atoms with E-state index in [0.29, 0.717) is 18.6 Å². The van der Waals surface area contributed by atoms with E-state index in [9.17, 15) is 9.18 Å². The van der Waals surface area contributed by atoms with Crippen LogP contribution in [0.4, 0.5) is 4.39 Å². The smallest absolute Gasteiger partial charge is 0.226 e. The fraction of sp³-hybridized carbons (Fsp3) is 0.667. The van der Waals surface area contributed by atoms with E-state index in [-0.39, 0.29) is 29.7 Å². The molecule has 0 radical (unpaired) electrons. The second-order valence-electron chi connectivity index (χ2n) is 8.34. The summed E-state index contributed by atoms with van der Waals surface area (Å²) in [6.07, 6.45) is 4.51. The first-order chi connectivity index (χ1) is 13.6. The van der Waals surface area contributed by atoms with Crippen LogP contribution in [-0.4, -0.2) is 55.1 Å². The van der Waals surface area contributed by atoms with Gasteiger partial charge >= 0.3 is 0 Å². The number of carbonyl (C=O) groups excluding carboxylic acids is 1. The molecule has 4 N–H and O–H groups in total. The molecule has 1 aliphatic carbocycles. The van der Waals surface area contributed by atoms with Crippen molar-refractivity contribution in [2.24, 2.45) is 5.92 Å². The first-order valence-corrected chi connectivity index (χ1v) is 10.7. The van der Waals surface area contributed by atoms with Gasteiger partial charge in [0.05, 0.1) is 12.0 Å². The maximum atomic E-state index is 13.6. The highest BCUT2D eigenvalue weighted by atomic mass is 19.1. The van der Waals surface area contributed by atoms with Crippen molar-refractivity contribution in [2.75, 3.05) is 26.2 Å². The Balaban J connectivity index is 1.29. The Bertz CT molecular complexity index is 679. The van der Waals surface area contributed by atoms with E-state index in [1.807, 2.05) is 6.07 Å². The third-order valence-electron chi connectivity index (χ3n) is 6.61. The topological polar surface area (TPSA) is 68.4 Å². The van der Waals surface area contributed by atoms with Crippen LogP contribution in [0.3, 0.4) is 0 Å². The normalized spacial score (nSPS) is 31.5. The molecule has 0 spiro atoms. The molecule has 7 heteroatoms. The number of halogens is 1. The lowest BCUT2D eigenvalue weighted by molar-refractivity contribution is -0.126. The number of amides is 1. The minimum atomic E-state index is -0.275. The summed E-state index contributed by atoms with van der Waals surface area (Å²) in [4.78, 5) is 15.4. The highest BCUT2D eigenvalue weighted by Crippen LogP contribution is 2.28. The van der Waals surface area contributed by atoms with E-state index in [1.54, 1.807) is 6.07 Å². The summed E-state index contributed by atoms with van der Waals surface area (Å²) in [7, 11) is 0. The number of nitrogens with one attached hydrogen (secondary N) is 4. The number of piperidine rings is 1. The molecule has 1 amide bonds. The molecule has 3 aliphatic rings. The van der Waals surface area contributed by atoms with Crippen molar-refractivity contribution >= 4 is 5.91 Å². The van der Waals surface area contributed by atoms with Gasteiger partial charge < -0.3 is 15.5 Å². The van der Waals surface area contributed by atoms with Crippen molar-refractivity contribution in [3.05, 3.63) is 35.6 Å². The molecule has 4 rings (SSSR count). The molecule has 1 aromatic rings. The fourth-order valence-corrected chi connectivity index (χ4v) is 4.64. The van der Waals surface area contributed by atoms with Crippen LogP contribution < -0.4 is 21.5 Å². The van der Waals surface area contributed by atoms with Gasteiger partial charge in [-0.05, 0) is 63.0 Å². The Hall–Kier alpha value is -1.54. The molecule has 0 aromatic heterocycles. The van der Waals surface area contributed by atoms with Gasteiger partial charge in [-0.2, -0.15) is 0 Å². The maximum Gasteiger partial charge on any atom is 0.226 e. The molecule has 0 bridgehead atoms. The molecular formula is C21H32FN5O. The van der Waals surface area contributed by atoms with Crippen LogP contribution in [0.15, 0.2) is 24.3 Å². The molecular weight excluding hydrogens is 357 g/mol. The Kier molecular flexibility index (Phi) is 6.25. The third-order valence-corrected chi connectivity index (χ3v) is 6.61. The maximum absolute atomic E-state index is 13.6. The molecule has 1 saturated carbocycles. The average Bonchev–Trinajstić information content (AvgIpc) is 3.20. The van der Waals surface area contributed by atoms with Gasteiger partial charge in [-0.1, -0.05) is 19.1 Å². The highest BCUT2D eigenvalue weighted by Gasteiger charge is 2.39. The lowest BCUT2D eigenvalue weighted by Gasteiger charge is -2.42. The second-order valence-corrected chi connectivity index (χ2v) is 8.34. The lowest BCUT2D eigenvalue weighted by atomic mass is 9.84. The second kappa shape index (κ2) is 8.86. The summed E-state index contributed by atoms with van der Waals surface area (Å²) in [5, 5.41) is 7.02. The average molecular weight is 390 g/mol. The number of likely N-dealkylation sites (tertiary alicyclic amines) is 1. The summed E-state index contributed by atoms with van der Waals surface area (Å²) in [6.45, 7) is 6.21. The standard InChI is InChI=1S/C21H32FN5O/c1-2-27-10-8-16(9-11-27)24-18-6-7-19(18)25-21(28)17-13-23-26-20(17)14-4-3-5-15(22)12-14/h3-5,12,16-20,23-24,26H,2,6-11,13H2,1H3,(H,25,28)/t17?,18-,19+,20?/m1/s1. The summed E-state index contributed by atoms with van der Waals surface area (Å²) >= 11 is 0. The first-order valence-electron chi connectivity index (χ1n) is 10.7. The summed E-state index contributed by atoms with van der Waals surface area (Å²) < 4.78 is 13.6. The zero-order chi connectivity index (χ0) is 19.5. The van der Waals surface area contributed by atoms with Crippen molar-refractivity contribution in [1.82, 2.24) is 26.4 Å². The number of carbonyl (C=O) groups is 1. The van der Waals surface area contributed by atoms with Crippen LogP contribution in [0.25, 0.3) is 0 Å². The number of benzene rings is 1. The number of hydrogen-bond acceptors (Lipinski definition) is 5. The molecule has 2 unspecified atom stereocenters. The van der Waals surface area contributed by atoms with Gasteiger partial charge in [0.15, 0.2) is 0 Å². The number of hydrazine groups is 1. The van der Waals surface area contributed by atoms with Crippen LogP contribution in [0, 0.1) is 11.7 Å². The molecule has 2 heterocycles. The summed E-state index contributed by atoms with van der Waals surface area (Å²) in [6, 6.07) is 7.41. The van der Waals surface area contributed by atoms with Gasteiger partial charge in [-0.3, -0.25) is 10.2 Å². The Labute approximate surface area is 166 Å². The molecule has 28 heavy (non-hydrogen) atoms. The van der Waals surface area contributed by atoms with E-state index in [0.717, 1.165) is 38.0 Å². The number of rotatable bonds is 6. The van der Waals surface area contributed by atoms with E-state index in [1.165, 1.54) is 25.0 Å². The lowest BCUT2D eigenvalue weighted by Crippen LogP contribution is -2.61. The van der Waals surface area contributed by atoms with Gasteiger partial charge in [0.25, 0.3) is 0 Å². The Morgan fingerprint density at radius 1 is 1.21 bits per heavy atom. The van der Waals surface area contributed by atoms with Gasteiger partial charge in [0, 0.05) is 24.7 Å². The van der Waals surface area contributed by atoms with E-state index >= 15 is 0 Å². The predicted molar refractivity (Wildman–Crippen MR) is 107 cm³/mol. The van der Waals surface area contributed by atoms with Gasteiger partial charge in [0.2, 0.25) is 5.91 Å². The van der Waals surface area contributed by atoms with E-state index in [4.69, 9.17) is 0 Å².